The molecular weight excluding hydrogens is 290 g/mol. The SMILES string of the molecule is CCCOC1C(OC)[C@H](OC(=O)NC(C)C)OC(C)[C@@H]1OC. The van der Waals surface area contributed by atoms with Crippen LogP contribution in [0.25, 0.3) is 0 Å². The number of hydrogen-bond acceptors (Lipinski definition) is 6. The standard InChI is InChI=1S/C15H29NO6/c1-7-8-20-12-11(18-5)10(4)21-14(13(12)19-6)22-15(17)16-9(2)3/h9-14H,7-8H2,1-6H3,(H,16,17)/t10?,11-,12?,13?,14-/m0/s1. The van der Waals surface area contributed by atoms with E-state index < -0.39 is 18.5 Å². The first-order chi connectivity index (χ1) is 10.4. The summed E-state index contributed by atoms with van der Waals surface area (Å²) in [4.78, 5) is 11.8. The van der Waals surface area contributed by atoms with E-state index in [1.165, 1.54) is 7.11 Å². The molecule has 130 valence electrons. The lowest BCUT2D eigenvalue weighted by Crippen LogP contribution is -2.60. The zero-order valence-electron chi connectivity index (χ0n) is 14.3. The third-order valence-electron chi connectivity index (χ3n) is 3.42. The molecule has 1 aliphatic heterocycles. The Morgan fingerprint density at radius 2 is 1.82 bits per heavy atom. The Balaban J connectivity index is 2.81. The van der Waals surface area contributed by atoms with Crippen molar-refractivity contribution in [3.63, 3.8) is 0 Å². The molecule has 3 unspecified atom stereocenters. The van der Waals surface area contributed by atoms with Gasteiger partial charge in [0.15, 0.2) is 0 Å². The van der Waals surface area contributed by atoms with Gasteiger partial charge >= 0.3 is 6.09 Å². The van der Waals surface area contributed by atoms with Gasteiger partial charge in [0.1, 0.15) is 18.3 Å². The molecule has 0 saturated carbocycles. The van der Waals surface area contributed by atoms with Gasteiger partial charge < -0.3 is 29.0 Å². The maximum absolute atomic E-state index is 11.8. The Morgan fingerprint density at radius 3 is 2.32 bits per heavy atom. The summed E-state index contributed by atoms with van der Waals surface area (Å²) in [6, 6.07) is -0.0200. The average molecular weight is 319 g/mol. The zero-order chi connectivity index (χ0) is 16.7. The number of nitrogens with one attached hydrogen (secondary N) is 1. The number of ether oxygens (including phenoxy) is 5. The molecule has 0 spiro atoms. The molecule has 0 aliphatic carbocycles. The van der Waals surface area contributed by atoms with E-state index in [1.807, 2.05) is 27.7 Å². The number of amides is 1. The van der Waals surface area contributed by atoms with Crippen LogP contribution in [0, 0.1) is 0 Å². The highest BCUT2D eigenvalue weighted by atomic mass is 16.7. The van der Waals surface area contributed by atoms with Gasteiger partial charge in [-0.1, -0.05) is 6.92 Å². The number of rotatable bonds is 7. The first-order valence-corrected chi connectivity index (χ1v) is 7.74. The molecule has 1 fully saturated rings. The van der Waals surface area contributed by atoms with E-state index in [1.54, 1.807) is 7.11 Å². The van der Waals surface area contributed by atoms with E-state index in [-0.39, 0.29) is 24.4 Å². The van der Waals surface area contributed by atoms with Crippen LogP contribution in [0.5, 0.6) is 0 Å². The average Bonchev–Trinajstić information content (AvgIpc) is 2.43. The van der Waals surface area contributed by atoms with E-state index in [2.05, 4.69) is 5.32 Å². The van der Waals surface area contributed by atoms with Crippen LogP contribution in [0.3, 0.4) is 0 Å². The van der Waals surface area contributed by atoms with Gasteiger partial charge in [-0.2, -0.15) is 0 Å². The summed E-state index contributed by atoms with van der Waals surface area (Å²) in [7, 11) is 3.14. The third-order valence-corrected chi connectivity index (χ3v) is 3.42. The Kier molecular flexibility index (Phi) is 8.09. The van der Waals surface area contributed by atoms with Gasteiger partial charge in [-0.15, -0.1) is 0 Å². The zero-order valence-corrected chi connectivity index (χ0v) is 14.3. The molecule has 1 heterocycles. The lowest BCUT2D eigenvalue weighted by molar-refractivity contribution is -0.293. The molecule has 0 aromatic rings. The second kappa shape index (κ2) is 9.29. The molecule has 0 aromatic carbocycles. The minimum absolute atomic E-state index is 0.0200. The molecule has 0 aromatic heterocycles. The monoisotopic (exact) mass is 319 g/mol. The van der Waals surface area contributed by atoms with Gasteiger partial charge in [-0.25, -0.2) is 4.79 Å². The predicted octanol–water partition coefficient (Wildman–Crippen LogP) is 1.69. The number of carbonyl (C=O) groups excluding carboxylic acids is 1. The van der Waals surface area contributed by atoms with E-state index >= 15 is 0 Å². The molecule has 7 nitrogen and oxygen atoms in total. The van der Waals surface area contributed by atoms with Crippen LogP contribution in [0.4, 0.5) is 4.79 Å². The lowest BCUT2D eigenvalue weighted by Gasteiger charge is -2.43. The summed E-state index contributed by atoms with van der Waals surface area (Å²) >= 11 is 0. The minimum atomic E-state index is -0.841. The van der Waals surface area contributed by atoms with Crippen molar-refractivity contribution in [2.24, 2.45) is 0 Å². The molecule has 1 N–H and O–H groups in total. The van der Waals surface area contributed by atoms with Crippen LogP contribution < -0.4 is 5.32 Å². The van der Waals surface area contributed by atoms with E-state index in [4.69, 9.17) is 23.7 Å². The topological polar surface area (TPSA) is 75.3 Å². The summed E-state index contributed by atoms with van der Waals surface area (Å²) in [6.45, 7) is 8.17. The van der Waals surface area contributed by atoms with Crippen LogP contribution >= 0.6 is 0 Å². The number of alkyl carbamates (subject to hydrolysis) is 1. The third kappa shape index (κ3) is 5.08. The maximum Gasteiger partial charge on any atom is 0.409 e. The van der Waals surface area contributed by atoms with Gasteiger partial charge in [0.2, 0.25) is 6.29 Å². The maximum atomic E-state index is 11.8. The fourth-order valence-corrected chi connectivity index (χ4v) is 2.46. The van der Waals surface area contributed by atoms with Gasteiger partial charge in [-0.05, 0) is 27.2 Å². The highest BCUT2D eigenvalue weighted by Gasteiger charge is 2.47. The van der Waals surface area contributed by atoms with Gasteiger partial charge in [0, 0.05) is 26.9 Å². The van der Waals surface area contributed by atoms with Crippen LogP contribution in [-0.2, 0) is 23.7 Å². The molecule has 1 amide bonds. The Hall–Kier alpha value is -0.890. The summed E-state index contributed by atoms with van der Waals surface area (Å²) in [5.74, 6) is 0. The van der Waals surface area contributed by atoms with Crippen molar-refractivity contribution in [3.05, 3.63) is 0 Å². The summed E-state index contributed by atoms with van der Waals surface area (Å²) < 4.78 is 27.9. The van der Waals surface area contributed by atoms with Gasteiger partial charge in [0.25, 0.3) is 0 Å². The smallest absolute Gasteiger partial charge is 0.409 e. The number of methoxy groups -OCH3 is 2. The predicted molar refractivity (Wildman–Crippen MR) is 80.7 cm³/mol. The highest BCUT2D eigenvalue weighted by molar-refractivity contribution is 5.67. The first kappa shape index (κ1) is 19.2. The van der Waals surface area contributed by atoms with E-state index in [9.17, 15) is 4.79 Å². The molecule has 5 atom stereocenters. The van der Waals surface area contributed by atoms with Crippen LogP contribution in [0.1, 0.15) is 34.1 Å². The molecular formula is C15H29NO6. The second-order valence-electron chi connectivity index (χ2n) is 5.65. The van der Waals surface area contributed by atoms with Crippen molar-refractivity contribution in [3.8, 4) is 0 Å². The summed E-state index contributed by atoms with van der Waals surface area (Å²) in [5, 5.41) is 2.66. The normalized spacial score (nSPS) is 32.0. The van der Waals surface area contributed by atoms with Crippen molar-refractivity contribution in [2.45, 2.75) is 70.9 Å². The largest absolute Gasteiger partial charge is 0.417 e. The van der Waals surface area contributed by atoms with Crippen molar-refractivity contribution in [2.75, 3.05) is 20.8 Å². The molecule has 0 bridgehead atoms. The summed E-state index contributed by atoms with van der Waals surface area (Å²) in [5.41, 5.74) is 0. The second-order valence-corrected chi connectivity index (χ2v) is 5.65. The lowest BCUT2D eigenvalue weighted by atomic mass is 9.99. The summed E-state index contributed by atoms with van der Waals surface area (Å²) in [6.07, 6.45) is -2.00. The van der Waals surface area contributed by atoms with Crippen molar-refractivity contribution in [1.29, 1.82) is 0 Å². The fourth-order valence-electron chi connectivity index (χ4n) is 2.46. The Bertz CT molecular complexity index is 338. The molecule has 7 heteroatoms. The molecule has 0 radical (unpaired) electrons. The Labute approximate surface area is 132 Å². The van der Waals surface area contributed by atoms with Gasteiger partial charge in [0.05, 0.1) is 6.10 Å². The van der Waals surface area contributed by atoms with E-state index in [0.29, 0.717) is 6.61 Å². The van der Waals surface area contributed by atoms with Crippen molar-refractivity contribution < 1.29 is 28.5 Å². The van der Waals surface area contributed by atoms with E-state index in [0.717, 1.165) is 6.42 Å². The van der Waals surface area contributed by atoms with Crippen LogP contribution in [0.15, 0.2) is 0 Å². The quantitative estimate of drug-likeness (QED) is 0.770. The first-order valence-electron chi connectivity index (χ1n) is 7.74. The van der Waals surface area contributed by atoms with Crippen LogP contribution in [0.2, 0.25) is 0 Å². The number of hydrogen-bond donors (Lipinski definition) is 1. The minimum Gasteiger partial charge on any atom is -0.417 e. The van der Waals surface area contributed by atoms with Gasteiger partial charge in [-0.3, -0.25) is 0 Å². The van der Waals surface area contributed by atoms with Crippen molar-refractivity contribution >= 4 is 6.09 Å². The van der Waals surface area contributed by atoms with Crippen LogP contribution in [-0.4, -0.2) is 63.7 Å². The molecule has 1 aliphatic rings. The molecule has 1 saturated heterocycles. The highest BCUT2D eigenvalue weighted by Crippen LogP contribution is 2.28. The Morgan fingerprint density at radius 1 is 1.18 bits per heavy atom. The fraction of sp³-hybridized carbons (Fsp3) is 0.933. The van der Waals surface area contributed by atoms with Crippen molar-refractivity contribution in [1.82, 2.24) is 5.32 Å². The number of carbonyl (C=O) groups is 1. The molecule has 22 heavy (non-hydrogen) atoms. The molecule has 1 rings (SSSR count).